The van der Waals surface area contributed by atoms with Crippen molar-refractivity contribution in [1.29, 1.82) is 0 Å². The lowest BCUT2D eigenvalue weighted by molar-refractivity contribution is 0.0722. The second-order valence-electron chi connectivity index (χ2n) is 8.65. The Labute approximate surface area is 199 Å². The van der Waals surface area contributed by atoms with Gasteiger partial charge < -0.3 is 13.8 Å². The third-order valence-corrected chi connectivity index (χ3v) is 6.46. The number of methoxy groups -OCH3 is 1. The van der Waals surface area contributed by atoms with Gasteiger partial charge in [-0.3, -0.25) is 4.79 Å². The first-order chi connectivity index (χ1) is 15.7. The first-order valence-electron chi connectivity index (χ1n) is 11.7. The van der Waals surface area contributed by atoms with E-state index in [0.29, 0.717) is 24.4 Å². The van der Waals surface area contributed by atoms with Gasteiger partial charge in [-0.15, -0.1) is 0 Å². The fraction of sp³-hybridized carbons (Fsp3) is 0.500. The van der Waals surface area contributed by atoms with Crippen LogP contribution in [-0.2, 0) is 23.1 Å². The molecule has 0 spiro atoms. The van der Waals surface area contributed by atoms with Crippen molar-refractivity contribution in [2.45, 2.75) is 59.9 Å². The largest absolute Gasteiger partial charge is 0.493 e. The van der Waals surface area contributed by atoms with Crippen molar-refractivity contribution >= 4 is 16.0 Å². The number of aryl methyl sites for hydroxylation is 1. The number of hydrogen-bond donors (Lipinski definition) is 0. The molecule has 182 valence electrons. The van der Waals surface area contributed by atoms with Gasteiger partial charge in [0.2, 0.25) is 0 Å². The fourth-order valence-corrected chi connectivity index (χ4v) is 4.06. The van der Waals surface area contributed by atoms with Gasteiger partial charge >= 0.3 is 10.1 Å². The summed E-state index contributed by atoms with van der Waals surface area (Å²) in [6.07, 6.45) is 4.56. The van der Waals surface area contributed by atoms with Crippen molar-refractivity contribution in [2.75, 3.05) is 19.4 Å². The monoisotopic (exact) mass is 475 g/mol. The smallest absolute Gasteiger partial charge is 0.309 e. The van der Waals surface area contributed by atoms with Gasteiger partial charge in [0.15, 0.2) is 11.5 Å². The van der Waals surface area contributed by atoms with Crippen molar-refractivity contribution in [2.24, 2.45) is 5.92 Å². The van der Waals surface area contributed by atoms with Crippen LogP contribution in [0, 0.1) is 5.92 Å². The van der Waals surface area contributed by atoms with Crippen LogP contribution in [0.3, 0.4) is 0 Å². The highest BCUT2D eigenvalue weighted by Crippen LogP contribution is 2.30. The maximum Gasteiger partial charge on any atom is 0.309 e. The van der Waals surface area contributed by atoms with Gasteiger partial charge in [-0.05, 0) is 61.1 Å². The van der Waals surface area contributed by atoms with E-state index >= 15 is 0 Å². The molecule has 0 aliphatic heterocycles. The molecule has 7 heteroatoms. The minimum absolute atomic E-state index is 0.0525. The highest BCUT2D eigenvalue weighted by atomic mass is 32.2. The van der Waals surface area contributed by atoms with Crippen LogP contribution >= 0.6 is 0 Å². The van der Waals surface area contributed by atoms with E-state index in [1.54, 1.807) is 17.0 Å². The summed E-state index contributed by atoms with van der Waals surface area (Å²) in [7, 11) is -2.24. The molecule has 0 radical (unpaired) electrons. The Hall–Kier alpha value is -2.54. The molecule has 0 unspecified atom stereocenters. The lowest BCUT2D eigenvalue weighted by Gasteiger charge is -2.25. The quantitative estimate of drug-likeness (QED) is 0.284. The molecule has 2 rings (SSSR count). The van der Waals surface area contributed by atoms with Gasteiger partial charge in [0, 0.05) is 18.7 Å². The zero-order valence-corrected chi connectivity index (χ0v) is 21.3. The first kappa shape index (κ1) is 26.7. The van der Waals surface area contributed by atoms with E-state index in [0.717, 1.165) is 18.4 Å². The van der Waals surface area contributed by atoms with Crippen LogP contribution in [0.2, 0.25) is 0 Å². The summed E-state index contributed by atoms with van der Waals surface area (Å²) in [5.41, 5.74) is 2.65. The number of unbranched alkanes of at least 4 members (excludes halogenated alkanes) is 2. The van der Waals surface area contributed by atoms with E-state index in [1.807, 2.05) is 30.3 Å². The summed E-state index contributed by atoms with van der Waals surface area (Å²) in [6.45, 7) is 8.74. The molecule has 0 atom stereocenters. The van der Waals surface area contributed by atoms with Gasteiger partial charge in [-0.2, -0.15) is 8.42 Å². The normalized spacial score (nSPS) is 11.5. The topological polar surface area (TPSA) is 72.9 Å². The standard InChI is InChI=1S/C26H37NO5S/c1-6-8-9-10-21-11-14-23(15-12-21)26(28)27(18-20(3)4)19-22-13-16-24(31-5)25(17-22)32-33(29,30)7-2/h11-17,20H,6-10,18-19H2,1-5H3. The van der Waals surface area contributed by atoms with E-state index < -0.39 is 10.1 Å². The Morgan fingerprint density at radius 3 is 2.21 bits per heavy atom. The van der Waals surface area contributed by atoms with Crippen LogP contribution in [0.1, 0.15) is 68.4 Å². The molecule has 0 aromatic heterocycles. The van der Waals surface area contributed by atoms with Crippen LogP contribution in [0.25, 0.3) is 0 Å². The van der Waals surface area contributed by atoms with E-state index in [2.05, 4.69) is 20.8 Å². The Kier molecular flexibility index (Phi) is 10.2. The summed E-state index contributed by atoms with van der Waals surface area (Å²) in [6, 6.07) is 13.0. The van der Waals surface area contributed by atoms with Crippen molar-refractivity contribution in [3.8, 4) is 11.5 Å². The molecule has 0 saturated carbocycles. The van der Waals surface area contributed by atoms with Crippen molar-refractivity contribution in [1.82, 2.24) is 4.90 Å². The molecule has 6 nitrogen and oxygen atoms in total. The maximum absolute atomic E-state index is 13.3. The SMILES string of the molecule is CCCCCc1ccc(C(=O)N(Cc2ccc(OC)c(OS(=O)(=O)CC)c2)CC(C)C)cc1. The molecule has 0 N–H and O–H groups in total. The molecule has 0 bridgehead atoms. The molecule has 0 aliphatic rings. The Balaban J connectivity index is 2.24. The molecule has 0 heterocycles. The van der Waals surface area contributed by atoms with Crippen molar-refractivity contribution in [3.05, 3.63) is 59.2 Å². The summed E-state index contributed by atoms with van der Waals surface area (Å²) >= 11 is 0. The number of carbonyl (C=O) groups excluding carboxylic acids is 1. The van der Waals surface area contributed by atoms with Crippen LogP contribution < -0.4 is 8.92 Å². The lowest BCUT2D eigenvalue weighted by Crippen LogP contribution is -2.33. The predicted octanol–water partition coefficient (Wildman–Crippen LogP) is 5.45. The second-order valence-corrected chi connectivity index (χ2v) is 10.5. The van der Waals surface area contributed by atoms with E-state index in [-0.39, 0.29) is 23.3 Å². The van der Waals surface area contributed by atoms with E-state index in [1.165, 1.54) is 32.4 Å². The number of amides is 1. The molecule has 2 aromatic rings. The number of hydrogen-bond acceptors (Lipinski definition) is 5. The van der Waals surface area contributed by atoms with Crippen molar-refractivity contribution in [3.63, 3.8) is 0 Å². The maximum atomic E-state index is 13.3. The average molecular weight is 476 g/mol. The Morgan fingerprint density at radius 1 is 0.970 bits per heavy atom. The lowest BCUT2D eigenvalue weighted by atomic mass is 10.0. The van der Waals surface area contributed by atoms with Gasteiger partial charge in [-0.25, -0.2) is 0 Å². The Morgan fingerprint density at radius 2 is 1.64 bits per heavy atom. The molecular formula is C26H37NO5S. The van der Waals surface area contributed by atoms with Crippen LogP contribution in [0.15, 0.2) is 42.5 Å². The van der Waals surface area contributed by atoms with Gasteiger partial charge in [0.1, 0.15) is 0 Å². The molecular weight excluding hydrogens is 438 g/mol. The van der Waals surface area contributed by atoms with E-state index in [4.69, 9.17) is 8.92 Å². The number of nitrogens with zero attached hydrogens (tertiary/aromatic N) is 1. The number of benzene rings is 2. The van der Waals surface area contributed by atoms with E-state index in [9.17, 15) is 13.2 Å². The second kappa shape index (κ2) is 12.6. The third kappa shape index (κ3) is 8.39. The number of rotatable bonds is 13. The van der Waals surface area contributed by atoms with Crippen molar-refractivity contribution < 1.29 is 22.1 Å². The van der Waals surface area contributed by atoms with Crippen LogP contribution in [0.5, 0.6) is 11.5 Å². The zero-order chi connectivity index (χ0) is 24.4. The number of carbonyl (C=O) groups is 1. The van der Waals surface area contributed by atoms with Crippen LogP contribution in [-0.4, -0.2) is 38.6 Å². The molecule has 33 heavy (non-hydrogen) atoms. The minimum Gasteiger partial charge on any atom is -0.493 e. The first-order valence-corrected chi connectivity index (χ1v) is 13.2. The summed E-state index contributed by atoms with van der Waals surface area (Å²) in [5.74, 6) is 0.536. The highest BCUT2D eigenvalue weighted by molar-refractivity contribution is 7.87. The Bertz CT molecular complexity index is 1000. The predicted molar refractivity (Wildman–Crippen MR) is 132 cm³/mol. The zero-order valence-electron chi connectivity index (χ0n) is 20.5. The summed E-state index contributed by atoms with van der Waals surface area (Å²) < 4.78 is 34.4. The summed E-state index contributed by atoms with van der Waals surface area (Å²) in [4.78, 5) is 15.1. The number of ether oxygens (including phenoxy) is 1. The molecule has 0 aliphatic carbocycles. The minimum atomic E-state index is -3.70. The average Bonchev–Trinajstić information content (AvgIpc) is 2.78. The van der Waals surface area contributed by atoms with Gasteiger partial charge in [0.25, 0.3) is 5.91 Å². The molecule has 0 saturated heterocycles. The van der Waals surface area contributed by atoms with Gasteiger partial charge in [0.05, 0.1) is 12.9 Å². The molecule has 0 fully saturated rings. The van der Waals surface area contributed by atoms with Gasteiger partial charge in [-0.1, -0.05) is 51.8 Å². The highest BCUT2D eigenvalue weighted by Gasteiger charge is 2.20. The van der Waals surface area contributed by atoms with Crippen LogP contribution in [0.4, 0.5) is 0 Å². The summed E-state index contributed by atoms with van der Waals surface area (Å²) in [5, 5.41) is 0. The third-order valence-electron chi connectivity index (χ3n) is 5.31. The molecule has 1 amide bonds. The fourth-order valence-electron chi connectivity index (χ4n) is 3.54. The molecule has 2 aromatic carbocycles.